The highest BCUT2D eigenvalue weighted by atomic mass is 16.2. The van der Waals surface area contributed by atoms with Gasteiger partial charge in [-0.15, -0.1) is 0 Å². The Morgan fingerprint density at radius 1 is 1.50 bits per heavy atom. The van der Waals surface area contributed by atoms with Gasteiger partial charge in [0.15, 0.2) is 5.65 Å². The fourth-order valence-corrected chi connectivity index (χ4v) is 2.96. The highest BCUT2D eigenvalue weighted by Gasteiger charge is 2.30. The van der Waals surface area contributed by atoms with Gasteiger partial charge in [-0.25, -0.2) is 14.8 Å². The molecule has 0 aliphatic carbocycles. The molecule has 6 nitrogen and oxygen atoms in total. The number of imidazole rings is 1. The quantitative estimate of drug-likeness (QED) is 0.944. The summed E-state index contributed by atoms with van der Waals surface area (Å²) in [7, 11) is 2.00. The van der Waals surface area contributed by atoms with E-state index in [0.29, 0.717) is 5.92 Å². The van der Waals surface area contributed by atoms with E-state index in [4.69, 9.17) is 4.98 Å². The lowest BCUT2D eigenvalue weighted by Gasteiger charge is -2.18. The van der Waals surface area contributed by atoms with Crippen LogP contribution in [0.3, 0.4) is 0 Å². The second-order valence-corrected chi connectivity index (χ2v) is 6.39. The molecular weight excluding hydrogens is 278 g/mol. The van der Waals surface area contributed by atoms with Crippen LogP contribution >= 0.6 is 0 Å². The minimum atomic E-state index is 0.0353. The number of nitrogens with one attached hydrogen (secondary N) is 1. The first-order valence-corrected chi connectivity index (χ1v) is 7.86. The Labute approximate surface area is 130 Å². The average molecular weight is 301 g/mol. The number of rotatable bonds is 3. The number of pyridine rings is 1. The summed E-state index contributed by atoms with van der Waals surface area (Å²) < 4.78 is 2.05. The molecule has 1 fully saturated rings. The van der Waals surface area contributed by atoms with Crippen LogP contribution in [0.2, 0.25) is 0 Å². The monoisotopic (exact) mass is 301 g/mol. The Hall–Kier alpha value is -2.11. The van der Waals surface area contributed by atoms with Gasteiger partial charge in [0.25, 0.3) is 0 Å². The smallest absolute Gasteiger partial charge is 0.317 e. The van der Waals surface area contributed by atoms with Crippen molar-refractivity contribution in [2.45, 2.75) is 26.2 Å². The molecule has 0 radical (unpaired) electrons. The van der Waals surface area contributed by atoms with Crippen molar-refractivity contribution >= 4 is 17.2 Å². The van der Waals surface area contributed by atoms with E-state index < -0.39 is 0 Å². The van der Waals surface area contributed by atoms with Gasteiger partial charge < -0.3 is 14.8 Å². The Morgan fingerprint density at radius 2 is 2.32 bits per heavy atom. The number of likely N-dealkylation sites (tertiary alicyclic amines) is 1. The van der Waals surface area contributed by atoms with Crippen LogP contribution in [0.15, 0.2) is 18.3 Å². The molecular formula is C16H23N5O. The lowest BCUT2D eigenvalue weighted by molar-refractivity contribution is 0.207. The zero-order valence-corrected chi connectivity index (χ0v) is 13.4. The van der Waals surface area contributed by atoms with E-state index in [0.717, 1.165) is 43.0 Å². The third-order valence-electron chi connectivity index (χ3n) is 4.16. The minimum absolute atomic E-state index is 0.0353. The van der Waals surface area contributed by atoms with Gasteiger partial charge >= 0.3 is 6.03 Å². The van der Waals surface area contributed by atoms with Gasteiger partial charge in [0.1, 0.15) is 11.3 Å². The molecule has 1 aliphatic heterocycles. The molecule has 2 amide bonds. The van der Waals surface area contributed by atoms with Crippen molar-refractivity contribution < 1.29 is 4.79 Å². The molecule has 0 saturated carbocycles. The van der Waals surface area contributed by atoms with Crippen LogP contribution in [0, 0.1) is 5.92 Å². The second kappa shape index (κ2) is 5.94. The number of carbonyl (C=O) groups is 1. The summed E-state index contributed by atoms with van der Waals surface area (Å²) in [6, 6.07) is 3.92. The summed E-state index contributed by atoms with van der Waals surface area (Å²) in [4.78, 5) is 23.1. The predicted octanol–water partition coefficient (Wildman–Crippen LogP) is 2.12. The fraction of sp³-hybridized carbons (Fsp3) is 0.562. The number of hydrogen-bond donors (Lipinski definition) is 1. The molecule has 2 aromatic heterocycles. The number of fused-ring (bicyclic) bond motifs is 1. The number of hydrogen-bond acceptors (Lipinski definition) is 3. The van der Waals surface area contributed by atoms with Crippen LogP contribution in [0.1, 0.15) is 32.0 Å². The van der Waals surface area contributed by atoms with E-state index in [1.54, 1.807) is 6.20 Å². The second-order valence-electron chi connectivity index (χ2n) is 6.39. The molecule has 2 aromatic rings. The van der Waals surface area contributed by atoms with Crippen molar-refractivity contribution in [1.29, 1.82) is 0 Å². The zero-order valence-electron chi connectivity index (χ0n) is 13.4. The van der Waals surface area contributed by atoms with Crippen LogP contribution in [0.5, 0.6) is 0 Å². The SMILES string of the molecule is CC(C)CNC(=O)N1CC[C@@H](c2nc3cccnc3n2C)C1. The van der Waals surface area contributed by atoms with Crippen molar-refractivity contribution in [2.24, 2.45) is 13.0 Å². The minimum Gasteiger partial charge on any atom is -0.338 e. The van der Waals surface area contributed by atoms with Crippen molar-refractivity contribution in [1.82, 2.24) is 24.8 Å². The van der Waals surface area contributed by atoms with Crippen molar-refractivity contribution in [3.63, 3.8) is 0 Å². The summed E-state index contributed by atoms with van der Waals surface area (Å²) in [5.74, 6) is 1.77. The predicted molar refractivity (Wildman–Crippen MR) is 85.7 cm³/mol. The van der Waals surface area contributed by atoms with Crippen LogP contribution in [0.4, 0.5) is 4.79 Å². The third kappa shape index (κ3) is 2.77. The van der Waals surface area contributed by atoms with Gasteiger partial charge in [-0.1, -0.05) is 13.8 Å². The lowest BCUT2D eigenvalue weighted by atomic mass is 10.1. The maximum Gasteiger partial charge on any atom is 0.317 e. The molecule has 118 valence electrons. The lowest BCUT2D eigenvalue weighted by Crippen LogP contribution is -2.39. The zero-order chi connectivity index (χ0) is 15.7. The summed E-state index contributed by atoms with van der Waals surface area (Å²) in [5, 5.41) is 2.98. The van der Waals surface area contributed by atoms with Gasteiger partial charge in [-0.2, -0.15) is 0 Å². The third-order valence-corrected chi connectivity index (χ3v) is 4.16. The summed E-state index contributed by atoms with van der Waals surface area (Å²) >= 11 is 0. The van der Waals surface area contributed by atoms with E-state index in [-0.39, 0.29) is 11.9 Å². The van der Waals surface area contributed by atoms with Gasteiger partial charge in [0.2, 0.25) is 0 Å². The Bertz CT molecular complexity index is 678. The van der Waals surface area contributed by atoms with E-state index in [2.05, 4.69) is 28.7 Å². The Kier molecular flexibility index (Phi) is 4.00. The van der Waals surface area contributed by atoms with Crippen LogP contribution in [-0.2, 0) is 7.05 Å². The van der Waals surface area contributed by atoms with Crippen molar-refractivity contribution in [3.8, 4) is 0 Å². The molecule has 6 heteroatoms. The summed E-state index contributed by atoms with van der Waals surface area (Å²) in [6.07, 6.45) is 2.74. The van der Waals surface area contributed by atoms with Crippen LogP contribution in [0.25, 0.3) is 11.2 Å². The molecule has 1 N–H and O–H groups in total. The number of amides is 2. The number of aromatic nitrogens is 3. The number of aryl methyl sites for hydroxylation is 1. The van der Waals surface area contributed by atoms with Gasteiger partial charge in [0, 0.05) is 38.8 Å². The molecule has 22 heavy (non-hydrogen) atoms. The molecule has 1 aliphatic rings. The number of urea groups is 1. The molecule has 1 saturated heterocycles. The highest BCUT2D eigenvalue weighted by Crippen LogP contribution is 2.28. The van der Waals surface area contributed by atoms with Crippen molar-refractivity contribution in [3.05, 3.63) is 24.2 Å². The number of nitrogens with zero attached hydrogens (tertiary/aromatic N) is 4. The topological polar surface area (TPSA) is 63.1 Å². The normalized spacial score (nSPS) is 18.4. The average Bonchev–Trinajstić information content (AvgIpc) is 3.10. The standard InChI is InChI=1S/C16H23N5O/c1-11(2)9-18-16(22)21-8-6-12(10-21)14-19-13-5-4-7-17-15(13)20(14)3/h4-5,7,11-12H,6,8-10H2,1-3H3,(H,18,22)/t12-/m1/s1. The first kappa shape index (κ1) is 14.8. The first-order chi connectivity index (χ1) is 10.6. The van der Waals surface area contributed by atoms with Crippen LogP contribution < -0.4 is 5.32 Å². The molecule has 3 rings (SSSR count). The Morgan fingerprint density at radius 3 is 3.05 bits per heavy atom. The number of carbonyl (C=O) groups excluding carboxylic acids is 1. The van der Waals surface area contributed by atoms with Crippen molar-refractivity contribution in [2.75, 3.05) is 19.6 Å². The maximum atomic E-state index is 12.2. The van der Waals surface area contributed by atoms with Gasteiger partial charge in [-0.05, 0) is 24.5 Å². The molecule has 0 bridgehead atoms. The maximum absolute atomic E-state index is 12.2. The van der Waals surface area contributed by atoms with Crippen LogP contribution in [-0.4, -0.2) is 45.1 Å². The van der Waals surface area contributed by atoms with E-state index >= 15 is 0 Å². The van der Waals surface area contributed by atoms with E-state index in [1.165, 1.54) is 0 Å². The van der Waals surface area contributed by atoms with E-state index in [9.17, 15) is 4.79 Å². The largest absolute Gasteiger partial charge is 0.338 e. The highest BCUT2D eigenvalue weighted by molar-refractivity contribution is 5.75. The summed E-state index contributed by atoms with van der Waals surface area (Å²) in [5.41, 5.74) is 1.82. The molecule has 0 aromatic carbocycles. The molecule has 0 spiro atoms. The fourth-order valence-electron chi connectivity index (χ4n) is 2.96. The summed E-state index contributed by atoms with van der Waals surface area (Å²) in [6.45, 7) is 6.42. The first-order valence-electron chi connectivity index (χ1n) is 7.86. The Balaban J connectivity index is 1.71. The molecule has 3 heterocycles. The molecule has 0 unspecified atom stereocenters. The van der Waals surface area contributed by atoms with Gasteiger partial charge in [-0.3, -0.25) is 0 Å². The van der Waals surface area contributed by atoms with Gasteiger partial charge in [0.05, 0.1) is 0 Å². The van der Waals surface area contributed by atoms with E-state index in [1.807, 2.05) is 24.1 Å². The molecule has 1 atom stereocenters.